The highest BCUT2D eigenvalue weighted by atomic mass is 16.2. The monoisotopic (exact) mass is 467 g/mol. The molecule has 5 heteroatoms. The van der Waals surface area contributed by atoms with Crippen molar-refractivity contribution in [1.29, 1.82) is 0 Å². The lowest BCUT2D eigenvalue weighted by molar-refractivity contribution is -0.140. The van der Waals surface area contributed by atoms with Crippen LogP contribution in [-0.4, -0.2) is 55.3 Å². The number of hydrogen-bond donors (Lipinski definition) is 1. The maximum atomic E-state index is 13.6. The van der Waals surface area contributed by atoms with Gasteiger partial charge in [0.15, 0.2) is 0 Å². The van der Waals surface area contributed by atoms with Crippen molar-refractivity contribution in [3.05, 3.63) is 35.9 Å². The van der Waals surface area contributed by atoms with Gasteiger partial charge in [0.05, 0.1) is 6.54 Å². The third-order valence-electron chi connectivity index (χ3n) is 9.76. The molecule has 1 aromatic rings. The van der Waals surface area contributed by atoms with Crippen LogP contribution in [0.15, 0.2) is 30.3 Å². The molecular formula is C29H45N3O2. The summed E-state index contributed by atoms with van der Waals surface area (Å²) in [6.07, 6.45) is 10.7. The lowest BCUT2D eigenvalue weighted by Gasteiger charge is -2.52. The molecule has 1 heterocycles. The first-order chi connectivity index (χ1) is 16.3. The molecule has 188 valence electrons. The highest BCUT2D eigenvalue weighted by molar-refractivity contribution is 5.86. The molecule has 2 amide bonds. The summed E-state index contributed by atoms with van der Waals surface area (Å²) in [5.41, 5.74) is 1.58. The number of nitrogens with zero attached hydrogens (tertiary/aromatic N) is 2. The summed E-state index contributed by atoms with van der Waals surface area (Å²) < 4.78 is 0. The van der Waals surface area contributed by atoms with E-state index < -0.39 is 0 Å². The molecule has 0 aromatic heterocycles. The highest BCUT2D eigenvalue weighted by Crippen LogP contribution is 2.54. The lowest BCUT2D eigenvalue weighted by atomic mass is 9.60. The van der Waals surface area contributed by atoms with Gasteiger partial charge in [0.25, 0.3) is 0 Å². The standard InChI is InChI=1S/C29H45N3O2/c1-5-31(4)29(25-12-7-6-8-13-25)16-14-28(15-17-29)19-24(18-23-10-9-11-23)22(2)27(34)32(21-28)20-26(33)30-3/h6-8,12-13,22-24H,5,9-11,14-21H2,1-4H3,(H,30,33)/t22?,24?,28-,29-. The minimum atomic E-state index is -0.0618. The maximum absolute atomic E-state index is 13.6. The van der Waals surface area contributed by atoms with Crippen LogP contribution in [-0.2, 0) is 15.1 Å². The summed E-state index contributed by atoms with van der Waals surface area (Å²) in [4.78, 5) is 30.3. The number of benzene rings is 1. The second-order valence-corrected chi connectivity index (χ2v) is 11.6. The van der Waals surface area contributed by atoms with Crippen LogP contribution in [0.2, 0.25) is 0 Å². The van der Waals surface area contributed by atoms with Crippen molar-refractivity contribution in [2.75, 3.05) is 33.7 Å². The minimum absolute atomic E-state index is 0.00348. The Morgan fingerprint density at radius 3 is 2.38 bits per heavy atom. The number of carbonyl (C=O) groups is 2. The second kappa shape index (κ2) is 10.4. The highest BCUT2D eigenvalue weighted by Gasteiger charge is 2.50. The van der Waals surface area contributed by atoms with E-state index in [-0.39, 0.29) is 35.2 Å². The largest absolute Gasteiger partial charge is 0.358 e. The molecule has 0 radical (unpaired) electrons. The van der Waals surface area contributed by atoms with E-state index in [1.165, 1.54) is 31.2 Å². The molecule has 5 nitrogen and oxygen atoms in total. The van der Waals surface area contributed by atoms with Gasteiger partial charge in [0.1, 0.15) is 0 Å². The van der Waals surface area contributed by atoms with Gasteiger partial charge >= 0.3 is 0 Å². The van der Waals surface area contributed by atoms with Crippen molar-refractivity contribution in [1.82, 2.24) is 15.1 Å². The predicted molar refractivity (Wildman–Crippen MR) is 137 cm³/mol. The summed E-state index contributed by atoms with van der Waals surface area (Å²) in [7, 11) is 3.93. The smallest absolute Gasteiger partial charge is 0.239 e. The molecule has 34 heavy (non-hydrogen) atoms. The molecule has 1 spiro atoms. The fraction of sp³-hybridized carbons (Fsp3) is 0.724. The first-order valence-corrected chi connectivity index (χ1v) is 13.6. The molecule has 1 aliphatic heterocycles. The van der Waals surface area contributed by atoms with Gasteiger partial charge < -0.3 is 10.2 Å². The molecule has 3 aliphatic rings. The van der Waals surface area contributed by atoms with Crippen molar-refractivity contribution < 1.29 is 9.59 Å². The Morgan fingerprint density at radius 1 is 1.15 bits per heavy atom. The van der Waals surface area contributed by atoms with Crippen LogP contribution in [0, 0.1) is 23.2 Å². The summed E-state index contributed by atoms with van der Waals surface area (Å²) in [5.74, 6) is 1.36. The Kier molecular flexibility index (Phi) is 7.71. The zero-order chi connectivity index (χ0) is 24.3. The Balaban J connectivity index is 1.61. The topological polar surface area (TPSA) is 52.7 Å². The Morgan fingerprint density at radius 2 is 1.82 bits per heavy atom. The van der Waals surface area contributed by atoms with E-state index in [0.29, 0.717) is 5.92 Å². The van der Waals surface area contributed by atoms with Gasteiger partial charge in [-0.3, -0.25) is 14.5 Å². The van der Waals surface area contributed by atoms with Gasteiger partial charge in [-0.2, -0.15) is 0 Å². The van der Waals surface area contributed by atoms with Crippen molar-refractivity contribution >= 4 is 11.8 Å². The van der Waals surface area contributed by atoms with Gasteiger partial charge in [-0.15, -0.1) is 0 Å². The van der Waals surface area contributed by atoms with Gasteiger partial charge in [0, 0.05) is 25.0 Å². The van der Waals surface area contributed by atoms with Gasteiger partial charge in [0.2, 0.25) is 11.8 Å². The molecule has 2 atom stereocenters. The van der Waals surface area contributed by atoms with E-state index in [0.717, 1.165) is 51.1 Å². The number of likely N-dealkylation sites (N-methyl/N-ethyl adjacent to an activating group) is 1. The fourth-order valence-corrected chi connectivity index (χ4v) is 7.10. The van der Waals surface area contributed by atoms with E-state index >= 15 is 0 Å². The van der Waals surface area contributed by atoms with E-state index in [4.69, 9.17) is 0 Å². The van der Waals surface area contributed by atoms with E-state index in [1.54, 1.807) is 7.05 Å². The van der Waals surface area contributed by atoms with Crippen molar-refractivity contribution in [3.8, 4) is 0 Å². The van der Waals surface area contributed by atoms with Crippen LogP contribution in [0.4, 0.5) is 0 Å². The Labute approximate surface area is 206 Å². The molecule has 2 aliphatic carbocycles. The lowest BCUT2D eigenvalue weighted by Crippen LogP contribution is -2.51. The number of hydrogen-bond acceptors (Lipinski definition) is 3. The van der Waals surface area contributed by atoms with Crippen LogP contribution in [0.3, 0.4) is 0 Å². The molecular weight excluding hydrogens is 422 g/mol. The van der Waals surface area contributed by atoms with Gasteiger partial charge in [-0.05, 0) is 74.9 Å². The van der Waals surface area contributed by atoms with Crippen molar-refractivity contribution in [2.45, 2.75) is 77.2 Å². The Hall–Kier alpha value is -1.88. The number of rotatable bonds is 7. The summed E-state index contributed by atoms with van der Waals surface area (Å²) in [6, 6.07) is 11.0. The third-order valence-corrected chi connectivity index (χ3v) is 9.76. The first kappa shape index (κ1) is 25.2. The van der Waals surface area contributed by atoms with Crippen molar-refractivity contribution in [2.24, 2.45) is 23.2 Å². The summed E-state index contributed by atoms with van der Waals surface area (Å²) >= 11 is 0. The number of likely N-dealkylation sites (tertiary alicyclic amines) is 1. The maximum Gasteiger partial charge on any atom is 0.239 e. The predicted octanol–water partition coefficient (Wildman–Crippen LogP) is 4.81. The molecule has 3 fully saturated rings. The van der Waals surface area contributed by atoms with E-state index in [9.17, 15) is 9.59 Å². The number of amides is 2. The van der Waals surface area contributed by atoms with E-state index in [1.807, 2.05) is 4.90 Å². The summed E-state index contributed by atoms with van der Waals surface area (Å²) in [6.45, 7) is 6.32. The molecule has 2 unspecified atom stereocenters. The average molecular weight is 468 g/mol. The minimum Gasteiger partial charge on any atom is -0.358 e. The molecule has 2 saturated carbocycles. The molecule has 1 saturated heterocycles. The molecule has 1 aromatic carbocycles. The fourth-order valence-electron chi connectivity index (χ4n) is 7.10. The van der Waals surface area contributed by atoms with E-state index in [2.05, 4.69) is 61.4 Å². The Bertz CT molecular complexity index is 842. The molecule has 0 bridgehead atoms. The van der Waals surface area contributed by atoms with Crippen LogP contribution in [0.25, 0.3) is 0 Å². The third kappa shape index (κ3) is 4.91. The molecule has 1 N–H and O–H groups in total. The van der Waals surface area contributed by atoms with Crippen LogP contribution >= 0.6 is 0 Å². The zero-order valence-electron chi connectivity index (χ0n) is 21.8. The van der Waals surface area contributed by atoms with Gasteiger partial charge in [-0.25, -0.2) is 0 Å². The van der Waals surface area contributed by atoms with Crippen LogP contribution in [0.5, 0.6) is 0 Å². The normalized spacial score (nSPS) is 32.5. The first-order valence-electron chi connectivity index (χ1n) is 13.6. The number of carbonyl (C=O) groups excluding carboxylic acids is 2. The zero-order valence-corrected chi connectivity index (χ0v) is 21.8. The van der Waals surface area contributed by atoms with Crippen LogP contribution < -0.4 is 5.32 Å². The van der Waals surface area contributed by atoms with Crippen molar-refractivity contribution in [3.63, 3.8) is 0 Å². The average Bonchev–Trinajstić information content (AvgIpc) is 2.93. The molecule has 4 rings (SSSR count). The van der Waals surface area contributed by atoms with Crippen LogP contribution in [0.1, 0.15) is 77.2 Å². The SMILES string of the molecule is CCN(C)[C@]1(c2ccccc2)CC[C@@]2(CC1)CC(CC1CCC1)C(C)C(=O)N(CC(=O)NC)C2. The quantitative estimate of drug-likeness (QED) is 0.626. The van der Waals surface area contributed by atoms with Gasteiger partial charge in [-0.1, -0.05) is 63.4 Å². The second-order valence-electron chi connectivity index (χ2n) is 11.6. The number of nitrogens with one attached hydrogen (secondary N) is 1. The summed E-state index contributed by atoms with van der Waals surface area (Å²) in [5, 5.41) is 2.74.